The first-order chi connectivity index (χ1) is 19.1. The SMILES string of the molecule is Cc1nc(C)c(-c2csc(Nc3ccc(C(=O)N4CCN(CC(=O)N5CCOCC5)CC4C(F)(F)F)cn3)n2)s1. The summed E-state index contributed by atoms with van der Waals surface area (Å²) >= 11 is 2.94. The fourth-order valence-electron chi connectivity index (χ4n) is 4.68. The molecule has 15 heteroatoms. The highest BCUT2D eigenvalue weighted by molar-refractivity contribution is 7.16. The number of carbonyl (C=O) groups is 2. The molecule has 2 amide bonds. The molecule has 5 heterocycles. The van der Waals surface area contributed by atoms with E-state index >= 15 is 0 Å². The lowest BCUT2D eigenvalue weighted by atomic mass is 10.1. The highest BCUT2D eigenvalue weighted by Crippen LogP contribution is 2.33. The molecule has 10 nitrogen and oxygen atoms in total. The quantitative estimate of drug-likeness (QED) is 0.462. The lowest BCUT2D eigenvalue weighted by Gasteiger charge is -2.42. The molecule has 1 atom stereocenters. The minimum absolute atomic E-state index is 0.0493. The van der Waals surface area contributed by atoms with Crippen LogP contribution in [0.1, 0.15) is 21.1 Å². The number of morpholine rings is 1. The number of piperazine rings is 1. The molecule has 214 valence electrons. The van der Waals surface area contributed by atoms with Gasteiger partial charge in [-0.05, 0) is 26.0 Å². The van der Waals surface area contributed by atoms with Gasteiger partial charge < -0.3 is 19.9 Å². The van der Waals surface area contributed by atoms with E-state index in [0.29, 0.717) is 37.3 Å². The number of alkyl halides is 3. The molecular weight excluding hydrogens is 567 g/mol. The molecule has 0 spiro atoms. The summed E-state index contributed by atoms with van der Waals surface area (Å²) in [6.45, 7) is 4.95. The van der Waals surface area contributed by atoms with Crippen molar-refractivity contribution in [2.24, 2.45) is 0 Å². The van der Waals surface area contributed by atoms with Crippen molar-refractivity contribution in [1.29, 1.82) is 0 Å². The maximum absolute atomic E-state index is 14.0. The first-order valence-corrected chi connectivity index (χ1v) is 14.4. The molecule has 2 aliphatic heterocycles. The van der Waals surface area contributed by atoms with E-state index in [1.807, 2.05) is 19.2 Å². The topological polar surface area (TPSA) is 104 Å². The zero-order valence-corrected chi connectivity index (χ0v) is 23.5. The van der Waals surface area contributed by atoms with E-state index in [-0.39, 0.29) is 31.1 Å². The molecule has 0 radical (unpaired) electrons. The first kappa shape index (κ1) is 28.4. The number of aromatic nitrogens is 3. The second kappa shape index (κ2) is 11.8. The van der Waals surface area contributed by atoms with Gasteiger partial charge in [-0.1, -0.05) is 0 Å². The number of ether oxygens (including phenoxy) is 1. The third-order valence-electron chi connectivity index (χ3n) is 6.71. The van der Waals surface area contributed by atoms with Crippen molar-refractivity contribution in [3.63, 3.8) is 0 Å². The number of nitrogens with one attached hydrogen (secondary N) is 1. The van der Waals surface area contributed by atoms with Gasteiger partial charge in [0.2, 0.25) is 5.91 Å². The largest absolute Gasteiger partial charge is 0.410 e. The normalized spacial score (nSPS) is 18.7. The maximum atomic E-state index is 14.0. The molecule has 5 rings (SSSR count). The average molecular weight is 596 g/mol. The number of pyridine rings is 1. The van der Waals surface area contributed by atoms with E-state index in [1.165, 1.54) is 34.6 Å². The van der Waals surface area contributed by atoms with Crippen LogP contribution < -0.4 is 5.32 Å². The number of nitrogens with zero attached hydrogens (tertiary/aromatic N) is 6. The standard InChI is InChI=1S/C25H28F3N7O3S2/c1-15-22(40-16(2)30-15)18-14-39-24(31-18)32-20-4-3-17(11-29-20)23(37)35-6-5-33(12-19(35)25(26,27)28)13-21(36)34-7-9-38-10-8-34/h3-4,11,14,19H,5-10,12-13H2,1-2H3,(H,29,31,32). The summed E-state index contributed by atoms with van der Waals surface area (Å²) in [5, 5.41) is 6.52. The first-order valence-electron chi connectivity index (χ1n) is 12.7. The molecule has 2 saturated heterocycles. The second-order valence-electron chi connectivity index (χ2n) is 9.53. The number of aryl methyl sites for hydroxylation is 2. The molecule has 0 aliphatic carbocycles. The van der Waals surface area contributed by atoms with Crippen molar-refractivity contribution < 1.29 is 27.5 Å². The molecule has 3 aromatic heterocycles. The zero-order chi connectivity index (χ0) is 28.4. The van der Waals surface area contributed by atoms with E-state index in [1.54, 1.807) is 16.2 Å². The zero-order valence-electron chi connectivity index (χ0n) is 21.9. The number of hydrogen-bond donors (Lipinski definition) is 1. The van der Waals surface area contributed by atoms with Crippen molar-refractivity contribution in [3.8, 4) is 10.6 Å². The summed E-state index contributed by atoms with van der Waals surface area (Å²) in [6.07, 6.45) is -3.39. The minimum Gasteiger partial charge on any atom is -0.378 e. The van der Waals surface area contributed by atoms with E-state index in [2.05, 4.69) is 20.3 Å². The van der Waals surface area contributed by atoms with Crippen LogP contribution in [-0.2, 0) is 9.53 Å². The number of thiazole rings is 2. The smallest absolute Gasteiger partial charge is 0.378 e. The van der Waals surface area contributed by atoms with Crippen LogP contribution in [0.2, 0.25) is 0 Å². The Morgan fingerprint density at radius 3 is 2.55 bits per heavy atom. The molecule has 3 aromatic rings. The molecule has 0 bridgehead atoms. The average Bonchev–Trinajstić information content (AvgIpc) is 3.53. The van der Waals surface area contributed by atoms with Crippen LogP contribution in [0, 0.1) is 13.8 Å². The van der Waals surface area contributed by atoms with Crippen LogP contribution in [0.4, 0.5) is 24.1 Å². The van der Waals surface area contributed by atoms with Gasteiger partial charge in [0.1, 0.15) is 11.9 Å². The van der Waals surface area contributed by atoms with Gasteiger partial charge in [0.15, 0.2) is 5.13 Å². The summed E-state index contributed by atoms with van der Waals surface area (Å²) in [4.78, 5) is 43.8. The van der Waals surface area contributed by atoms with Gasteiger partial charge in [-0.3, -0.25) is 14.5 Å². The maximum Gasteiger partial charge on any atom is 0.410 e. The molecule has 0 aromatic carbocycles. The Hall–Kier alpha value is -3.14. The van der Waals surface area contributed by atoms with Crippen molar-refractivity contribution in [2.75, 3.05) is 57.8 Å². The molecule has 2 aliphatic rings. The van der Waals surface area contributed by atoms with Crippen LogP contribution in [0.3, 0.4) is 0 Å². The Labute approximate surface area is 236 Å². The molecular formula is C25H28F3N7O3S2. The Morgan fingerprint density at radius 2 is 1.90 bits per heavy atom. The lowest BCUT2D eigenvalue weighted by Crippen LogP contribution is -2.61. The van der Waals surface area contributed by atoms with Gasteiger partial charge in [0.25, 0.3) is 5.91 Å². The van der Waals surface area contributed by atoms with Gasteiger partial charge >= 0.3 is 6.18 Å². The van der Waals surface area contributed by atoms with E-state index < -0.39 is 24.7 Å². The molecule has 1 N–H and O–H groups in total. The molecule has 40 heavy (non-hydrogen) atoms. The summed E-state index contributed by atoms with van der Waals surface area (Å²) in [5.74, 6) is -0.581. The minimum atomic E-state index is -4.65. The van der Waals surface area contributed by atoms with Gasteiger partial charge in [-0.2, -0.15) is 13.2 Å². The number of amides is 2. The highest BCUT2D eigenvalue weighted by Gasteiger charge is 2.48. The third kappa shape index (κ3) is 6.43. The fourth-order valence-corrected chi connectivity index (χ4v) is 6.35. The third-order valence-corrected chi connectivity index (χ3v) is 8.56. The predicted octanol–water partition coefficient (Wildman–Crippen LogP) is 3.57. The van der Waals surface area contributed by atoms with Crippen molar-refractivity contribution in [2.45, 2.75) is 26.1 Å². The summed E-state index contributed by atoms with van der Waals surface area (Å²) in [5.41, 5.74) is 1.75. The number of anilines is 2. The van der Waals surface area contributed by atoms with Crippen LogP contribution in [-0.4, -0.2) is 106 Å². The molecule has 1 unspecified atom stereocenters. The monoisotopic (exact) mass is 595 g/mol. The van der Waals surface area contributed by atoms with Crippen LogP contribution in [0.5, 0.6) is 0 Å². The van der Waals surface area contributed by atoms with Gasteiger partial charge in [0.05, 0.1) is 46.6 Å². The predicted molar refractivity (Wildman–Crippen MR) is 145 cm³/mol. The van der Waals surface area contributed by atoms with Gasteiger partial charge in [-0.25, -0.2) is 15.0 Å². The number of hydrogen-bond acceptors (Lipinski definition) is 10. The Kier molecular flexibility index (Phi) is 8.35. The lowest BCUT2D eigenvalue weighted by molar-refractivity contribution is -0.189. The molecule has 0 saturated carbocycles. The van der Waals surface area contributed by atoms with Crippen LogP contribution >= 0.6 is 22.7 Å². The Morgan fingerprint density at radius 1 is 1.12 bits per heavy atom. The summed E-state index contributed by atoms with van der Waals surface area (Å²) in [7, 11) is 0. The highest BCUT2D eigenvalue weighted by atomic mass is 32.1. The van der Waals surface area contributed by atoms with E-state index in [0.717, 1.165) is 26.2 Å². The van der Waals surface area contributed by atoms with Gasteiger partial charge in [-0.15, -0.1) is 22.7 Å². The number of rotatable bonds is 6. The van der Waals surface area contributed by atoms with E-state index in [9.17, 15) is 22.8 Å². The van der Waals surface area contributed by atoms with Crippen LogP contribution in [0.25, 0.3) is 10.6 Å². The van der Waals surface area contributed by atoms with Crippen LogP contribution in [0.15, 0.2) is 23.7 Å². The second-order valence-corrected chi connectivity index (χ2v) is 11.6. The van der Waals surface area contributed by atoms with E-state index in [4.69, 9.17) is 4.74 Å². The summed E-state index contributed by atoms with van der Waals surface area (Å²) in [6, 6.07) is 0.956. The van der Waals surface area contributed by atoms with Crippen molar-refractivity contribution in [1.82, 2.24) is 29.7 Å². The number of carbonyl (C=O) groups excluding carboxylic acids is 2. The Balaban J connectivity index is 1.22. The van der Waals surface area contributed by atoms with Crippen molar-refractivity contribution >= 4 is 45.4 Å². The Bertz CT molecular complexity index is 1360. The van der Waals surface area contributed by atoms with Gasteiger partial charge in [0, 0.05) is 44.3 Å². The summed E-state index contributed by atoms with van der Waals surface area (Å²) < 4.78 is 47.3. The number of halogens is 3. The van der Waals surface area contributed by atoms with Crippen molar-refractivity contribution in [3.05, 3.63) is 40.0 Å². The molecule has 2 fully saturated rings. The fraction of sp³-hybridized carbons (Fsp3) is 0.480.